The summed E-state index contributed by atoms with van der Waals surface area (Å²) in [5, 5.41) is 7.55. The molecule has 84 valence electrons. The van der Waals surface area contributed by atoms with Crippen molar-refractivity contribution in [1.82, 2.24) is 15.0 Å². The molecule has 0 saturated heterocycles. The minimum absolute atomic E-state index is 0.0503. The number of rotatable bonds is 3. The summed E-state index contributed by atoms with van der Waals surface area (Å²) in [4.78, 5) is 11.8. The summed E-state index contributed by atoms with van der Waals surface area (Å²) in [5.74, 6) is 0.498. The van der Waals surface area contributed by atoms with Crippen molar-refractivity contribution in [3.05, 3.63) is 10.3 Å². The van der Waals surface area contributed by atoms with Gasteiger partial charge in [0, 0.05) is 11.8 Å². The van der Waals surface area contributed by atoms with Gasteiger partial charge < -0.3 is 0 Å². The number of ketones is 1. The largest absolute Gasteiger partial charge is 0.291 e. The summed E-state index contributed by atoms with van der Waals surface area (Å²) < 4.78 is 2.11. The van der Waals surface area contributed by atoms with Crippen molar-refractivity contribution >= 4 is 33.5 Å². The first kappa shape index (κ1) is 12.7. The molecular weight excluding hydrogens is 278 g/mol. The molecule has 1 rings (SSSR count). The van der Waals surface area contributed by atoms with Crippen LogP contribution in [-0.4, -0.2) is 31.3 Å². The Bertz CT molecular complexity index is 350. The summed E-state index contributed by atoms with van der Waals surface area (Å²) in [6.45, 7) is 6.25. The fourth-order valence-corrected chi connectivity index (χ4v) is 2.23. The molecule has 0 amide bonds. The molecule has 0 bridgehead atoms. The maximum absolute atomic E-state index is 11.8. The first-order valence-corrected chi connectivity index (χ1v) is 6.31. The van der Waals surface area contributed by atoms with Crippen molar-refractivity contribution in [2.24, 2.45) is 7.05 Å². The van der Waals surface area contributed by atoms with Gasteiger partial charge in [0.2, 0.25) is 0 Å². The van der Waals surface area contributed by atoms with Gasteiger partial charge in [0.1, 0.15) is 5.69 Å². The van der Waals surface area contributed by atoms with E-state index in [1.165, 1.54) is 4.68 Å². The van der Waals surface area contributed by atoms with Crippen LogP contribution in [0.5, 0.6) is 0 Å². The van der Waals surface area contributed by atoms with Crippen molar-refractivity contribution < 1.29 is 4.79 Å². The Morgan fingerprint density at radius 1 is 1.53 bits per heavy atom. The summed E-state index contributed by atoms with van der Waals surface area (Å²) in [6, 6.07) is 0. The van der Waals surface area contributed by atoms with Gasteiger partial charge in [-0.15, -0.1) is 16.9 Å². The average Bonchev–Trinajstić information content (AvgIpc) is 2.41. The van der Waals surface area contributed by atoms with Gasteiger partial charge in [0.15, 0.2) is 10.4 Å². The summed E-state index contributed by atoms with van der Waals surface area (Å²) in [6.07, 6.45) is 0. The second-order valence-corrected chi connectivity index (χ2v) is 6.73. The molecule has 0 aliphatic heterocycles. The van der Waals surface area contributed by atoms with E-state index in [4.69, 9.17) is 0 Å². The van der Waals surface area contributed by atoms with Gasteiger partial charge in [0.25, 0.3) is 0 Å². The Balaban J connectivity index is 2.70. The van der Waals surface area contributed by atoms with Crippen molar-refractivity contribution in [2.45, 2.75) is 25.5 Å². The molecular formula is C9H14BrN3OS. The normalized spacial score (nSPS) is 11.8. The Hall–Kier alpha value is -0.360. The predicted molar refractivity (Wildman–Crippen MR) is 65.2 cm³/mol. The molecule has 0 N–H and O–H groups in total. The second kappa shape index (κ2) is 4.65. The molecule has 0 spiro atoms. The molecule has 0 atom stereocenters. The first-order chi connectivity index (χ1) is 6.81. The third kappa shape index (κ3) is 3.61. The smallest absolute Gasteiger partial charge is 0.193 e. The van der Waals surface area contributed by atoms with Crippen LogP contribution in [0.1, 0.15) is 31.3 Å². The van der Waals surface area contributed by atoms with E-state index in [0.717, 1.165) is 0 Å². The Morgan fingerprint density at radius 3 is 2.53 bits per heavy atom. The molecule has 15 heavy (non-hydrogen) atoms. The minimum atomic E-state index is 0.0503. The maximum Gasteiger partial charge on any atom is 0.193 e. The van der Waals surface area contributed by atoms with Gasteiger partial charge in [-0.2, -0.15) is 0 Å². The van der Waals surface area contributed by atoms with Crippen LogP contribution in [0.4, 0.5) is 0 Å². The predicted octanol–water partition coefficient (Wildman–Crippen LogP) is 2.29. The zero-order chi connectivity index (χ0) is 11.6. The molecule has 6 heteroatoms. The number of hydrogen-bond acceptors (Lipinski definition) is 4. The topological polar surface area (TPSA) is 47.8 Å². The van der Waals surface area contributed by atoms with Gasteiger partial charge in [-0.3, -0.25) is 4.79 Å². The van der Waals surface area contributed by atoms with Crippen LogP contribution in [0.25, 0.3) is 0 Å². The number of hydrogen-bond donors (Lipinski definition) is 0. The highest BCUT2D eigenvalue weighted by Gasteiger charge is 2.19. The molecule has 0 aliphatic rings. The molecule has 0 saturated carbocycles. The van der Waals surface area contributed by atoms with Crippen LogP contribution in [0, 0.1) is 0 Å². The third-order valence-corrected chi connectivity index (χ3v) is 3.49. The zero-order valence-electron chi connectivity index (χ0n) is 9.24. The summed E-state index contributed by atoms with van der Waals surface area (Å²) in [7, 11) is 1.72. The van der Waals surface area contributed by atoms with Crippen molar-refractivity contribution in [2.75, 3.05) is 5.75 Å². The van der Waals surface area contributed by atoms with Gasteiger partial charge in [-0.25, -0.2) is 4.68 Å². The molecule has 4 nitrogen and oxygen atoms in total. The number of halogens is 1. The van der Waals surface area contributed by atoms with Gasteiger partial charge in [-0.1, -0.05) is 26.0 Å². The molecule has 1 aromatic rings. The highest BCUT2D eigenvalue weighted by molar-refractivity contribution is 9.10. The SMILES string of the molecule is Cn1nnc(Br)c1C(=O)CSC(C)(C)C. The van der Waals surface area contributed by atoms with E-state index in [9.17, 15) is 4.79 Å². The number of nitrogens with zero attached hydrogens (tertiary/aromatic N) is 3. The minimum Gasteiger partial charge on any atom is -0.291 e. The zero-order valence-corrected chi connectivity index (χ0v) is 11.6. The lowest BCUT2D eigenvalue weighted by Gasteiger charge is -2.16. The Labute approximate surface area is 102 Å². The monoisotopic (exact) mass is 291 g/mol. The quantitative estimate of drug-likeness (QED) is 0.802. The first-order valence-electron chi connectivity index (χ1n) is 4.53. The molecule has 1 heterocycles. The van der Waals surface area contributed by atoms with E-state index in [1.54, 1.807) is 18.8 Å². The number of aryl methyl sites for hydroxylation is 1. The number of carbonyl (C=O) groups is 1. The van der Waals surface area contributed by atoms with Gasteiger partial charge in [-0.05, 0) is 15.9 Å². The molecule has 0 aliphatic carbocycles. The van der Waals surface area contributed by atoms with E-state index in [-0.39, 0.29) is 10.5 Å². The summed E-state index contributed by atoms with van der Waals surface area (Å²) >= 11 is 4.83. The van der Waals surface area contributed by atoms with Gasteiger partial charge in [0.05, 0.1) is 5.75 Å². The van der Waals surface area contributed by atoms with Crippen LogP contribution < -0.4 is 0 Å². The average molecular weight is 292 g/mol. The lowest BCUT2D eigenvalue weighted by atomic mass is 10.3. The molecule has 0 aromatic carbocycles. The standard InChI is InChI=1S/C9H14BrN3OS/c1-9(2,3)15-5-6(14)7-8(10)11-12-13(7)4/h5H2,1-4H3. The van der Waals surface area contributed by atoms with E-state index < -0.39 is 0 Å². The van der Waals surface area contributed by atoms with E-state index >= 15 is 0 Å². The van der Waals surface area contributed by atoms with Crippen LogP contribution >= 0.6 is 27.7 Å². The Kier molecular flexibility index (Phi) is 3.94. The van der Waals surface area contributed by atoms with E-state index in [0.29, 0.717) is 16.0 Å². The highest BCUT2D eigenvalue weighted by Crippen LogP contribution is 2.24. The van der Waals surface area contributed by atoms with E-state index in [2.05, 4.69) is 47.0 Å². The number of carbonyl (C=O) groups excluding carboxylic acids is 1. The van der Waals surface area contributed by atoms with Crippen LogP contribution in [-0.2, 0) is 7.05 Å². The van der Waals surface area contributed by atoms with Gasteiger partial charge >= 0.3 is 0 Å². The second-order valence-electron chi connectivity index (χ2n) is 4.18. The lowest BCUT2D eigenvalue weighted by Crippen LogP contribution is -2.15. The number of thioether (sulfide) groups is 1. The maximum atomic E-state index is 11.8. The van der Waals surface area contributed by atoms with Crippen LogP contribution in [0.15, 0.2) is 4.60 Å². The van der Waals surface area contributed by atoms with Crippen molar-refractivity contribution in [3.8, 4) is 0 Å². The van der Waals surface area contributed by atoms with Crippen LogP contribution in [0.2, 0.25) is 0 Å². The molecule has 0 unspecified atom stereocenters. The molecule has 1 aromatic heterocycles. The van der Waals surface area contributed by atoms with Crippen molar-refractivity contribution in [3.63, 3.8) is 0 Å². The highest BCUT2D eigenvalue weighted by atomic mass is 79.9. The fourth-order valence-electron chi connectivity index (χ4n) is 0.978. The Morgan fingerprint density at radius 2 is 2.13 bits per heavy atom. The lowest BCUT2D eigenvalue weighted by molar-refractivity contribution is 0.101. The number of aromatic nitrogens is 3. The van der Waals surface area contributed by atoms with Crippen molar-refractivity contribution in [1.29, 1.82) is 0 Å². The number of Topliss-reactive ketones (excluding diaryl/α,β-unsaturated/α-hetero) is 1. The molecule has 0 radical (unpaired) electrons. The molecule has 0 fully saturated rings. The fraction of sp³-hybridized carbons (Fsp3) is 0.667. The summed E-state index contributed by atoms with van der Waals surface area (Å²) in [5.41, 5.74) is 0.534. The third-order valence-electron chi connectivity index (χ3n) is 1.69. The van der Waals surface area contributed by atoms with Crippen LogP contribution in [0.3, 0.4) is 0 Å². The van der Waals surface area contributed by atoms with E-state index in [1.807, 2.05) is 0 Å².